The Morgan fingerprint density at radius 1 is 1.39 bits per heavy atom. The van der Waals surface area contributed by atoms with Gasteiger partial charge in [0.05, 0.1) is 4.34 Å². The van der Waals surface area contributed by atoms with E-state index in [4.69, 9.17) is 11.6 Å². The third-order valence-electron chi connectivity index (χ3n) is 3.15. The fourth-order valence-corrected chi connectivity index (χ4v) is 6.24. The Labute approximate surface area is 125 Å². The Hall–Kier alpha value is 0.380. The Kier molecular flexibility index (Phi) is 5.11. The number of sulfonamides is 1. The van der Waals surface area contributed by atoms with Crippen LogP contribution in [0.1, 0.15) is 25.7 Å². The van der Waals surface area contributed by atoms with E-state index >= 15 is 0 Å². The van der Waals surface area contributed by atoms with Crippen molar-refractivity contribution in [2.75, 3.05) is 11.9 Å². The van der Waals surface area contributed by atoms with Gasteiger partial charge in [0, 0.05) is 17.9 Å². The van der Waals surface area contributed by atoms with E-state index in [1.165, 1.54) is 0 Å². The zero-order valence-corrected chi connectivity index (χ0v) is 13.8. The van der Waals surface area contributed by atoms with E-state index < -0.39 is 10.0 Å². The maximum Gasteiger partial charge on any atom is 0.252 e. The Bertz CT molecular complexity index is 497. The van der Waals surface area contributed by atoms with Crippen molar-refractivity contribution in [3.05, 3.63) is 16.5 Å². The van der Waals surface area contributed by atoms with Crippen LogP contribution in [0.5, 0.6) is 0 Å². The molecule has 1 saturated carbocycles. The van der Waals surface area contributed by atoms with Crippen LogP contribution in [0.2, 0.25) is 4.34 Å². The molecular formula is C11H15BrClNO2S2. The molecule has 0 bridgehead atoms. The van der Waals surface area contributed by atoms with E-state index in [1.54, 1.807) is 16.4 Å². The predicted octanol–water partition coefficient (Wildman–Crippen LogP) is 3.73. The first-order valence-corrected chi connectivity index (χ1v) is 9.64. The second-order valence-electron chi connectivity index (χ2n) is 4.30. The second kappa shape index (κ2) is 6.22. The lowest BCUT2D eigenvalue weighted by Gasteiger charge is -2.26. The second-order valence-corrected chi connectivity index (χ2v) is 8.93. The Balaban J connectivity index is 2.28. The molecule has 3 nitrogen and oxygen atoms in total. The van der Waals surface area contributed by atoms with Crippen molar-refractivity contribution in [2.45, 2.75) is 35.9 Å². The maximum atomic E-state index is 12.6. The van der Waals surface area contributed by atoms with Crippen molar-refractivity contribution in [1.29, 1.82) is 0 Å². The highest BCUT2D eigenvalue weighted by Gasteiger charge is 2.33. The van der Waals surface area contributed by atoms with Crippen LogP contribution in [0.15, 0.2) is 16.3 Å². The molecule has 0 atom stereocenters. The van der Waals surface area contributed by atoms with Gasteiger partial charge in [0.2, 0.25) is 0 Å². The van der Waals surface area contributed by atoms with Crippen LogP contribution in [-0.4, -0.2) is 30.6 Å². The topological polar surface area (TPSA) is 37.4 Å². The molecule has 1 aliphatic rings. The Morgan fingerprint density at radius 2 is 2.06 bits per heavy atom. The summed E-state index contributed by atoms with van der Waals surface area (Å²) in [5.74, 6) is 0. The highest BCUT2D eigenvalue weighted by Crippen LogP contribution is 2.32. The van der Waals surface area contributed by atoms with Gasteiger partial charge in [-0.2, -0.15) is 4.31 Å². The summed E-state index contributed by atoms with van der Waals surface area (Å²) in [7, 11) is -3.39. The number of rotatable bonds is 5. The number of nitrogens with zero attached hydrogens (tertiary/aromatic N) is 1. The van der Waals surface area contributed by atoms with Gasteiger partial charge in [-0.05, 0) is 25.0 Å². The quantitative estimate of drug-likeness (QED) is 0.739. The first kappa shape index (κ1) is 14.8. The molecule has 102 valence electrons. The molecule has 1 aromatic rings. The van der Waals surface area contributed by atoms with E-state index in [-0.39, 0.29) is 6.04 Å². The molecular weight excluding hydrogens is 358 g/mol. The summed E-state index contributed by atoms with van der Waals surface area (Å²) in [4.78, 5) is 0. The zero-order chi connectivity index (χ0) is 13.2. The summed E-state index contributed by atoms with van der Waals surface area (Å²) < 4.78 is 27.7. The number of hydrogen-bond donors (Lipinski definition) is 0. The van der Waals surface area contributed by atoms with Crippen LogP contribution >= 0.6 is 38.9 Å². The molecule has 0 saturated heterocycles. The molecule has 1 aliphatic carbocycles. The predicted molar refractivity (Wildman–Crippen MR) is 79.3 cm³/mol. The molecule has 1 heterocycles. The van der Waals surface area contributed by atoms with E-state index in [2.05, 4.69) is 15.9 Å². The largest absolute Gasteiger partial charge is 0.252 e. The molecule has 18 heavy (non-hydrogen) atoms. The molecule has 0 unspecified atom stereocenters. The molecule has 2 rings (SSSR count). The molecule has 0 aliphatic heterocycles. The van der Waals surface area contributed by atoms with Gasteiger partial charge in [0.15, 0.2) is 0 Å². The fourth-order valence-electron chi connectivity index (χ4n) is 2.33. The van der Waals surface area contributed by atoms with Crippen molar-refractivity contribution in [1.82, 2.24) is 4.31 Å². The van der Waals surface area contributed by atoms with Gasteiger partial charge < -0.3 is 0 Å². The van der Waals surface area contributed by atoms with Gasteiger partial charge >= 0.3 is 0 Å². The minimum Gasteiger partial charge on any atom is -0.206 e. The van der Waals surface area contributed by atoms with Gasteiger partial charge in [-0.25, -0.2) is 8.42 Å². The fraction of sp³-hybridized carbons (Fsp3) is 0.636. The number of hydrogen-bond acceptors (Lipinski definition) is 3. The molecule has 0 aromatic carbocycles. The van der Waals surface area contributed by atoms with Gasteiger partial charge in [-0.15, -0.1) is 11.3 Å². The summed E-state index contributed by atoms with van der Waals surface area (Å²) in [6, 6.07) is 3.38. The van der Waals surface area contributed by atoms with Crippen LogP contribution in [0.3, 0.4) is 0 Å². The lowest BCUT2D eigenvalue weighted by molar-refractivity contribution is 0.339. The third kappa shape index (κ3) is 3.10. The van der Waals surface area contributed by atoms with Crippen LogP contribution < -0.4 is 0 Å². The average Bonchev–Trinajstić information content (AvgIpc) is 2.96. The number of thiophene rings is 1. The Morgan fingerprint density at radius 3 is 2.56 bits per heavy atom. The van der Waals surface area contributed by atoms with Crippen LogP contribution in [-0.2, 0) is 10.0 Å². The lowest BCUT2D eigenvalue weighted by Crippen LogP contribution is -2.39. The van der Waals surface area contributed by atoms with E-state index in [0.717, 1.165) is 37.0 Å². The van der Waals surface area contributed by atoms with Crippen molar-refractivity contribution < 1.29 is 8.42 Å². The summed E-state index contributed by atoms with van der Waals surface area (Å²) in [5, 5.41) is 0.655. The molecule has 0 N–H and O–H groups in total. The number of halogens is 2. The normalized spacial score (nSPS) is 17.7. The number of alkyl halides is 1. The highest BCUT2D eigenvalue weighted by atomic mass is 79.9. The third-order valence-corrected chi connectivity index (χ3v) is 7.15. The summed E-state index contributed by atoms with van der Waals surface area (Å²) in [6.07, 6.45) is 4.16. The molecule has 7 heteroatoms. The van der Waals surface area contributed by atoms with Crippen molar-refractivity contribution in [2.24, 2.45) is 0 Å². The average molecular weight is 373 g/mol. The smallest absolute Gasteiger partial charge is 0.206 e. The van der Waals surface area contributed by atoms with Gasteiger partial charge in [-0.3, -0.25) is 0 Å². The summed E-state index contributed by atoms with van der Waals surface area (Å²) in [5.41, 5.74) is 0. The molecule has 0 radical (unpaired) electrons. The summed E-state index contributed by atoms with van der Waals surface area (Å²) >= 11 is 10.3. The molecule has 0 spiro atoms. The van der Waals surface area contributed by atoms with Crippen LogP contribution in [0.25, 0.3) is 0 Å². The SMILES string of the molecule is O=S(=O)(c1ccc(Cl)s1)N(CCBr)C1CCCC1. The maximum absolute atomic E-state index is 12.6. The first-order chi connectivity index (χ1) is 8.55. The molecule has 1 aromatic heterocycles. The zero-order valence-electron chi connectivity index (χ0n) is 9.81. The highest BCUT2D eigenvalue weighted by molar-refractivity contribution is 9.09. The summed E-state index contributed by atoms with van der Waals surface area (Å²) in [6.45, 7) is 0.516. The van der Waals surface area contributed by atoms with Gasteiger partial charge in [0.25, 0.3) is 10.0 Å². The van der Waals surface area contributed by atoms with Crippen molar-refractivity contribution in [3.8, 4) is 0 Å². The van der Waals surface area contributed by atoms with Crippen molar-refractivity contribution in [3.63, 3.8) is 0 Å². The van der Waals surface area contributed by atoms with Gasteiger partial charge in [-0.1, -0.05) is 40.4 Å². The van der Waals surface area contributed by atoms with Crippen LogP contribution in [0, 0.1) is 0 Å². The lowest BCUT2D eigenvalue weighted by atomic mass is 10.2. The monoisotopic (exact) mass is 371 g/mol. The minimum atomic E-state index is -3.39. The van der Waals surface area contributed by atoms with Crippen LogP contribution in [0.4, 0.5) is 0 Å². The molecule has 0 amide bonds. The van der Waals surface area contributed by atoms with Crippen molar-refractivity contribution >= 4 is 48.9 Å². The molecule has 1 fully saturated rings. The van der Waals surface area contributed by atoms with E-state index in [1.807, 2.05) is 0 Å². The standard InChI is InChI=1S/C11H15BrClNO2S2/c12-7-8-14(9-3-1-2-4-9)18(15,16)11-6-5-10(13)17-11/h5-6,9H,1-4,7-8H2. The minimum absolute atomic E-state index is 0.147. The van der Waals surface area contributed by atoms with Gasteiger partial charge in [0.1, 0.15) is 4.21 Å². The van der Waals surface area contributed by atoms with E-state index in [0.29, 0.717) is 20.4 Å². The van der Waals surface area contributed by atoms with E-state index in [9.17, 15) is 8.42 Å². The first-order valence-electron chi connectivity index (χ1n) is 5.89.